The van der Waals surface area contributed by atoms with Crippen LogP contribution in [0.2, 0.25) is 0 Å². The van der Waals surface area contributed by atoms with Gasteiger partial charge in [-0.05, 0) is 37.8 Å². The average molecular weight is 420 g/mol. The zero-order valence-electron chi connectivity index (χ0n) is 17.3. The molecule has 5 nitrogen and oxygen atoms in total. The molecule has 1 aromatic rings. The molecule has 29 heavy (non-hydrogen) atoms. The number of aryl methyl sites for hydroxylation is 1. The van der Waals surface area contributed by atoms with Gasteiger partial charge >= 0.3 is 6.09 Å². The van der Waals surface area contributed by atoms with Crippen molar-refractivity contribution < 1.29 is 19.4 Å². The molecule has 2 atom stereocenters. The zero-order valence-corrected chi connectivity index (χ0v) is 18.1. The Morgan fingerprint density at radius 3 is 2.97 bits per heavy atom. The van der Waals surface area contributed by atoms with Crippen LogP contribution in [0.3, 0.4) is 0 Å². The van der Waals surface area contributed by atoms with Crippen molar-refractivity contribution in [3.05, 3.63) is 34.5 Å². The molecule has 1 heterocycles. The lowest BCUT2D eigenvalue weighted by molar-refractivity contribution is 0.0320. The van der Waals surface area contributed by atoms with E-state index in [4.69, 9.17) is 9.47 Å². The first kappa shape index (κ1) is 23.5. The Hall–Kier alpha value is -1.81. The molecule has 2 N–H and O–H groups in total. The molecule has 0 spiro atoms. The standard InChI is InChI=1S/C23H33NO4S/c1-3-16-28-23(26)24-22(25)18(2)12-13-21-15-14-20(29-21)11-7-8-17-27-19-9-5-4-6-10-19/h3,14-15,18-19,22,25H,1,4-6,8-10,12-13,16-17H2,2H3,(H,24,26)/t18-,22?/m1/s1. The summed E-state index contributed by atoms with van der Waals surface area (Å²) in [5, 5.41) is 12.5. The second-order valence-corrected chi connectivity index (χ2v) is 8.61. The summed E-state index contributed by atoms with van der Waals surface area (Å²) in [5.74, 6) is 6.34. The summed E-state index contributed by atoms with van der Waals surface area (Å²) in [5.41, 5.74) is 0. The first-order valence-electron chi connectivity index (χ1n) is 10.5. The van der Waals surface area contributed by atoms with Crippen LogP contribution in [0.25, 0.3) is 0 Å². The molecule has 0 aliphatic heterocycles. The molecule has 1 aliphatic carbocycles. The van der Waals surface area contributed by atoms with Crippen molar-refractivity contribution in [3.8, 4) is 11.8 Å². The van der Waals surface area contributed by atoms with E-state index in [0.29, 0.717) is 12.7 Å². The minimum atomic E-state index is -0.935. The number of thiophene rings is 1. The van der Waals surface area contributed by atoms with Gasteiger partial charge in [0.25, 0.3) is 0 Å². The van der Waals surface area contributed by atoms with Gasteiger partial charge in [-0.2, -0.15) is 0 Å². The van der Waals surface area contributed by atoms with Crippen molar-refractivity contribution in [2.75, 3.05) is 13.2 Å². The molecule has 1 amide bonds. The Bertz CT molecular complexity index is 685. The van der Waals surface area contributed by atoms with Crippen LogP contribution < -0.4 is 5.32 Å². The molecule has 0 saturated heterocycles. The lowest BCUT2D eigenvalue weighted by Crippen LogP contribution is -2.39. The number of carbonyl (C=O) groups excluding carboxylic acids is 1. The van der Waals surface area contributed by atoms with E-state index < -0.39 is 12.3 Å². The van der Waals surface area contributed by atoms with Crippen molar-refractivity contribution in [1.29, 1.82) is 0 Å². The third-order valence-corrected chi connectivity index (χ3v) is 6.05. The summed E-state index contributed by atoms with van der Waals surface area (Å²) in [6.45, 7) is 6.22. The SMILES string of the molecule is C=CCOC(=O)NC(O)[C@H](C)CCc1ccc(C#CCCOC2CCCCC2)s1. The Morgan fingerprint density at radius 1 is 1.41 bits per heavy atom. The smallest absolute Gasteiger partial charge is 0.409 e. The van der Waals surface area contributed by atoms with Crippen molar-refractivity contribution in [2.45, 2.75) is 70.6 Å². The number of alkyl carbamates (subject to hydrolysis) is 1. The maximum atomic E-state index is 11.5. The molecule has 1 saturated carbocycles. The largest absolute Gasteiger partial charge is 0.445 e. The number of carbonyl (C=O) groups is 1. The molecule has 1 aliphatic rings. The number of amides is 1. The van der Waals surface area contributed by atoms with Gasteiger partial charge in [0, 0.05) is 17.2 Å². The molecule has 1 unspecified atom stereocenters. The number of aliphatic hydroxyl groups is 1. The molecule has 160 valence electrons. The van der Waals surface area contributed by atoms with Gasteiger partial charge in [-0.15, -0.1) is 11.3 Å². The first-order chi connectivity index (χ1) is 14.1. The number of nitrogens with one attached hydrogen (secondary N) is 1. The van der Waals surface area contributed by atoms with Crippen LogP contribution >= 0.6 is 11.3 Å². The van der Waals surface area contributed by atoms with Gasteiger partial charge in [-0.25, -0.2) is 4.79 Å². The van der Waals surface area contributed by atoms with Crippen molar-refractivity contribution in [1.82, 2.24) is 5.32 Å². The van der Waals surface area contributed by atoms with Crippen LogP contribution in [-0.2, 0) is 15.9 Å². The van der Waals surface area contributed by atoms with Gasteiger partial charge in [0.1, 0.15) is 12.8 Å². The summed E-state index contributed by atoms with van der Waals surface area (Å²) in [6.07, 6.45) is 9.02. The summed E-state index contributed by atoms with van der Waals surface area (Å²) in [7, 11) is 0. The molecule has 2 rings (SSSR count). The molecule has 1 aromatic heterocycles. The van der Waals surface area contributed by atoms with E-state index in [2.05, 4.69) is 29.8 Å². The highest BCUT2D eigenvalue weighted by molar-refractivity contribution is 7.12. The quantitative estimate of drug-likeness (QED) is 0.251. The van der Waals surface area contributed by atoms with Crippen molar-refractivity contribution in [2.24, 2.45) is 5.92 Å². The third-order valence-electron chi connectivity index (χ3n) is 4.99. The van der Waals surface area contributed by atoms with E-state index >= 15 is 0 Å². The van der Waals surface area contributed by atoms with Crippen LogP contribution in [0.5, 0.6) is 0 Å². The zero-order chi connectivity index (χ0) is 20.9. The van der Waals surface area contributed by atoms with Gasteiger partial charge in [0.2, 0.25) is 0 Å². The van der Waals surface area contributed by atoms with E-state index in [9.17, 15) is 9.90 Å². The lowest BCUT2D eigenvalue weighted by atomic mass is 9.98. The molecule has 0 radical (unpaired) electrons. The highest BCUT2D eigenvalue weighted by Gasteiger charge is 2.17. The minimum Gasteiger partial charge on any atom is -0.445 e. The van der Waals surface area contributed by atoms with Gasteiger partial charge in [-0.3, -0.25) is 5.32 Å². The lowest BCUT2D eigenvalue weighted by Gasteiger charge is -2.21. The first-order valence-corrected chi connectivity index (χ1v) is 11.3. The van der Waals surface area contributed by atoms with Crippen LogP contribution in [-0.4, -0.2) is 36.7 Å². The number of ether oxygens (including phenoxy) is 2. The van der Waals surface area contributed by atoms with E-state index in [1.165, 1.54) is 43.1 Å². The van der Waals surface area contributed by atoms with Gasteiger partial charge in [0.05, 0.1) is 17.6 Å². The van der Waals surface area contributed by atoms with Crippen LogP contribution in [0.4, 0.5) is 4.79 Å². The van der Waals surface area contributed by atoms with E-state index in [1.807, 2.05) is 13.0 Å². The van der Waals surface area contributed by atoms with Gasteiger partial charge in [0.15, 0.2) is 0 Å². The van der Waals surface area contributed by atoms with E-state index in [-0.39, 0.29) is 12.5 Å². The highest BCUT2D eigenvalue weighted by Crippen LogP contribution is 2.21. The molecular formula is C23H33NO4S. The maximum absolute atomic E-state index is 11.5. The highest BCUT2D eigenvalue weighted by atomic mass is 32.1. The summed E-state index contributed by atoms with van der Waals surface area (Å²) >= 11 is 1.68. The normalized spacial score (nSPS) is 16.3. The molecule has 6 heteroatoms. The molecule has 0 bridgehead atoms. The topological polar surface area (TPSA) is 67.8 Å². The minimum absolute atomic E-state index is 0.0835. The van der Waals surface area contributed by atoms with Crippen molar-refractivity contribution in [3.63, 3.8) is 0 Å². The Morgan fingerprint density at radius 2 is 2.21 bits per heavy atom. The number of rotatable bonds is 10. The summed E-state index contributed by atoms with van der Waals surface area (Å²) < 4.78 is 10.7. The Labute approximate surface area is 178 Å². The van der Waals surface area contributed by atoms with E-state index in [0.717, 1.165) is 24.1 Å². The van der Waals surface area contributed by atoms with Gasteiger partial charge < -0.3 is 14.6 Å². The Kier molecular flexibility index (Phi) is 10.9. The fourth-order valence-electron chi connectivity index (χ4n) is 3.20. The summed E-state index contributed by atoms with van der Waals surface area (Å²) in [4.78, 5) is 13.7. The molecule has 0 aromatic carbocycles. The molecular weight excluding hydrogens is 386 g/mol. The predicted molar refractivity (Wildman–Crippen MR) is 117 cm³/mol. The fraction of sp³-hybridized carbons (Fsp3) is 0.609. The number of hydrogen-bond donors (Lipinski definition) is 2. The monoisotopic (exact) mass is 419 g/mol. The van der Waals surface area contributed by atoms with Crippen LogP contribution in [0, 0.1) is 17.8 Å². The van der Waals surface area contributed by atoms with Crippen LogP contribution in [0.1, 0.15) is 61.6 Å². The van der Waals surface area contributed by atoms with Gasteiger partial charge in [-0.1, -0.05) is 50.7 Å². The average Bonchev–Trinajstić information content (AvgIpc) is 3.18. The fourth-order valence-corrected chi connectivity index (χ4v) is 4.10. The Balaban J connectivity index is 1.65. The molecule has 1 fully saturated rings. The van der Waals surface area contributed by atoms with Crippen molar-refractivity contribution >= 4 is 17.4 Å². The second-order valence-electron chi connectivity index (χ2n) is 7.44. The van der Waals surface area contributed by atoms with Crippen LogP contribution in [0.15, 0.2) is 24.8 Å². The number of aliphatic hydroxyl groups excluding tert-OH is 1. The second kappa shape index (κ2) is 13.4. The summed E-state index contributed by atoms with van der Waals surface area (Å²) in [6, 6.07) is 4.12. The van der Waals surface area contributed by atoms with E-state index in [1.54, 1.807) is 11.3 Å². The number of hydrogen-bond acceptors (Lipinski definition) is 5. The predicted octanol–water partition coefficient (Wildman–Crippen LogP) is 4.64. The third kappa shape index (κ3) is 9.49. The maximum Gasteiger partial charge on any atom is 0.409 e.